The van der Waals surface area contributed by atoms with Gasteiger partial charge in [-0.1, -0.05) is 57.8 Å². The summed E-state index contributed by atoms with van der Waals surface area (Å²) < 4.78 is 5.25. The molecule has 0 aliphatic carbocycles. The third-order valence-electron chi connectivity index (χ3n) is 3.06. The highest BCUT2D eigenvalue weighted by Crippen LogP contribution is 2.09. The number of hydrogen-bond donors (Lipinski definition) is 0. The highest BCUT2D eigenvalue weighted by atomic mass is 16.5. The Bertz CT molecular complexity index is 219. The van der Waals surface area contributed by atoms with Gasteiger partial charge in [-0.05, 0) is 20.3 Å². The SMILES string of the molecule is CCCCCCCCCCC#CC(C)(C)OC. The Kier molecular flexibility index (Phi) is 10.4. The molecule has 0 aromatic rings. The van der Waals surface area contributed by atoms with Crippen molar-refractivity contribution in [3.8, 4) is 11.8 Å². The van der Waals surface area contributed by atoms with Gasteiger partial charge in [-0.15, -0.1) is 5.92 Å². The van der Waals surface area contributed by atoms with Gasteiger partial charge in [-0.25, -0.2) is 0 Å². The van der Waals surface area contributed by atoms with E-state index in [1.807, 2.05) is 13.8 Å². The Labute approximate surface area is 108 Å². The van der Waals surface area contributed by atoms with E-state index in [1.54, 1.807) is 7.11 Å². The van der Waals surface area contributed by atoms with E-state index in [9.17, 15) is 0 Å². The van der Waals surface area contributed by atoms with Crippen LogP contribution < -0.4 is 0 Å². The predicted molar refractivity (Wildman–Crippen MR) is 76.1 cm³/mol. The molecule has 0 spiro atoms. The molecule has 0 heterocycles. The molecule has 1 nitrogen and oxygen atoms in total. The van der Waals surface area contributed by atoms with Crippen LogP contribution >= 0.6 is 0 Å². The van der Waals surface area contributed by atoms with Crippen LogP contribution in [0.3, 0.4) is 0 Å². The van der Waals surface area contributed by atoms with Gasteiger partial charge in [0.1, 0.15) is 5.60 Å². The van der Waals surface area contributed by atoms with Gasteiger partial charge in [0.2, 0.25) is 0 Å². The lowest BCUT2D eigenvalue weighted by Gasteiger charge is -2.14. The Hall–Kier alpha value is -0.480. The van der Waals surface area contributed by atoms with Crippen molar-refractivity contribution in [2.45, 2.75) is 84.2 Å². The summed E-state index contributed by atoms with van der Waals surface area (Å²) in [6.07, 6.45) is 11.9. The summed E-state index contributed by atoms with van der Waals surface area (Å²) in [4.78, 5) is 0. The Morgan fingerprint density at radius 3 is 1.94 bits per heavy atom. The highest BCUT2D eigenvalue weighted by molar-refractivity contribution is 5.10. The van der Waals surface area contributed by atoms with Crippen molar-refractivity contribution >= 4 is 0 Å². The van der Waals surface area contributed by atoms with Crippen LogP contribution in [-0.2, 0) is 4.74 Å². The molecule has 0 saturated heterocycles. The maximum Gasteiger partial charge on any atom is 0.122 e. The van der Waals surface area contributed by atoms with Gasteiger partial charge < -0.3 is 4.74 Å². The lowest BCUT2D eigenvalue weighted by atomic mass is 10.1. The molecule has 17 heavy (non-hydrogen) atoms. The van der Waals surface area contributed by atoms with Crippen LogP contribution in [0.1, 0.15) is 78.6 Å². The fraction of sp³-hybridized carbons (Fsp3) is 0.875. The molecule has 0 unspecified atom stereocenters. The van der Waals surface area contributed by atoms with E-state index in [0.717, 1.165) is 6.42 Å². The molecule has 0 aliphatic heterocycles. The number of rotatable bonds is 9. The van der Waals surface area contributed by atoms with E-state index in [4.69, 9.17) is 4.74 Å². The first-order chi connectivity index (χ1) is 8.12. The molecule has 0 atom stereocenters. The van der Waals surface area contributed by atoms with Gasteiger partial charge in [-0.3, -0.25) is 0 Å². The number of hydrogen-bond acceptors (Lipinski definition) is 1. The molecule has 0 radical (unpaired) electrons. The zero-order chi connectivity index (χ0) is 13.0. The quantitative estimate of drug-likeness (QED) is 0.408. The van der Waals surface area contributed by atoms with Crippen LogP contribution in [0.2, 0.25) is 0 Å². The van der Waals surface area contributed by atoms with Crippen molar-refractivity contribution in [2.75, 3.05) is 7.11 Å². The molecular formula is C16H30O. The Morgan fingerprint density at radius 2 is 1.41 bits per heavy atom. The molecule has 100 valence electrons. The van der Waals surface area contributed by atoms with Gasteiger partial charge in [0.15, 0.2) is 0 Å². The van der Waals surface area contributed by atoms with Gasteiger partial charge in [0.25, 0.3) is 0 Å². The monoisotopic (exact) mass is 238 g/mol. The second-order valence-electron chi connectivity index (χ2n) is 5.24. The van der Waals surface area contributed by atoms with Crippen LogP contribution in [-0.4, -0.2) is 12.7 Å². The van der Waals surface area contributed by atoms with Crippen LogP contribution in [0.4, 0.5) is 0 Å². The smallest absolute Gasteiger partial charge is 0.122 e. The molecule has 0 aromatic carbocycles. The predicted octanol–water partition coefficient (Wildman–Crippen LogP) is 4.95. The first-order valence-corrected chi connectivity index (χ1v) is 7.17. The second-order valence-corrected chi connectivity index (χ2v) is 5.24. The molecule has 0 amide bonds. The van der Waals surface area contributed by atoms with E-state index in [0.29, 0.717) is 0 Å². The summed E-state index contributed by atoms with van der Waals surface area (Å²) >= 11 is 0. The molecule has 0 saturated carbocycles. The third kappa shape index (κ3) is 11.8. The molecule has 0 fully saturated rings. The molecule has 0 rings (SSSR count). The van der Waals surface area contributed by atoms with E-state index in [-0.39, 0.29) is 5.60 Å². The van der Waals surface area contributed by atoms with Crippen LogP contribution in [0.25, 0.3) is 0 Å². The molecule has 0 aliphatic rings. The van der Waals surface area contributed by atoms with Crippen molar-refractivity contribution in [3.63, 3.8) is 0 Å². The zero-order valence-corrected chi connectivity index (χ0v) is 12.3. The van der Waals surface area contributed by atoms with Crippen molar-refractivity contribution in [1.29, 1.82) is 0 Å². The Morgan fingerprint density at radius 1 is 0.882 bits per heavy atom. The minimum absolute atomic E-state index is 0.278. The van der Waals surface area contributed by atoms with E-state index in [1.165, 1.54) is 51.4 Å². The number of ether oxygens (including phenoxy) is 1. The highest BCUT2D eigenvalue weighted by Gasteiger charge is 2.10. The second kappa shape index (κ2) is 10.7. The summed E-state index contributed by atoms with van der Waals surface area (Å²) in [7, 11) is 1.71. The van der Waals surface area contributed by atoms with Gasteiger partial charge in [0, 0.05) is 13.5 Å². The maximum atomic E-state index is 5.25. The average molecular weight is 238 g/mol. The molecule has 0 aromatic heterocycles. The van der Waals surface area contributed by atoms with Gasteiger partial charge in [-0.2, -0.15) is 0 Å². The van der Waals surface area contributed by atoms with Crippen LogP contribution in [0.5, 0.6) is 0 Å². The summed E-state index contributed by atoms with van der Waals surface area (Å²) in [6.45, 7) is 6.28. The summed E-state index contributed by atoms with van der Waals surface area (Å²) in [6, 6.07) is 0. The van der Waals surface area contributed by atoms with Crippen LogP contribution in [0, 0.1) is 11.8 Å². The topological polar surface area (TPSA) is 9.23 Å². The normalized spacial score (nSPS) is 11.1. The fourth-order valence-electron chi connectivity index (χ4n) is 1.67. The maximum absolute atomic E-state index is 5.25. The zero-order valence-electron chi connectivity index (χ0n) is 12.3. The lowest BCUT2D eigenvalue weighted by Crippen LogP contribution is -2.19. The van der Waals surface area contributed by atoms with Crippen LogP contribution in [0.15, 0.2) is 0 Å². The summed E-state index contributed by atoms with van der Waals surface area (Å²) in [5.74, 6) is 6.37. The average Bonchev–Trinajstić information content (AvgIpc) is 2.31. The Balaban J connectivity index is 3.29. The summed E-state index contributed by atoms with van der Waals surface area (Å²) in [5.41, 5.74) is -0.278. The first kappa shape index (κ1) is 16.5. The van der Waals surface area contributed by atoms with Gasteiger partial charge in [0.05, 0.1) is 0 Å². The van der Waals surface area contributed by atoms with E-state index in [2.05, 4.69) is 18.8 Å². The summed E-state index contributed by atoms with van der Waals surface area (Å²) in [5, 5.41) is 0. The number of unbranched alkanes of at least 4 members (excludes halogenated alkanes) is 8. The minimum Gasteiger partial charge on any atom is -0.366 e. The van der Waals surface area contributed by atoms with E-state index >= 15 is 0 Å². The molecule has 0 bridgehead atoms. The minimum atomic E-state index is -0.278. The fourth-order valence-corrected chi connectivity index (χ4v) is 1.67. The van der Waals surface area contributed by atoms with E-state index < -0.39 is 0 Å². The van der Waals surface area contributed by atoms with Crippen molar-refractivity contribution < 1.29 is 4.74 Å². The molecular weight excluding hydrogens is 208 g/mol. The lowest BCUT2D eigenvalue weighted by molar-refractivity contribution is 0.0741. The number of methoxy groups -OCH3 is 1. The molecule has 0 N–H and O–H groups in total. The standard InChI is InChI=1S/C16H30O/c1-5-6-7-8-9-10-11-12-13-14-15-16(2,3)17-4/h5-13H2,1-4H3. The van der Waals surface area contributed by atoms with Crippen molar-refractivity contribution in [3.05, 3.63) is 0 Å². The van der Waals surface area contributed by atoms with Gasteiger partial charge >= 0.3 is 0 Å². The largest absolute Gasteiger partial charge is 0.366 e. The first-order valence-electron chi connectivity index (χ1n) is 7.17. The third-order valence-corrected chi connectivity index (χ3v) is 3.06. The van der Waals surface area contributed by atoms with Crippen molar-refractivity contribution in [1.82, 2.24) is 0 Å². The molecule has 1 heteroatoms. The van der Waals surface area contributed by atoms with Crippen molar-refractivity contribution in [2.24, 2.45) is 0 Å².